The normalized spacial score (nSPS) is 10.4. The predicted molar refractivity (Wildman–Crippen MR) is 85.7 cm³/mol. The summed E-state index contributed by atoms with van der Waals surface area (Å²) in [6, 6.07) is 10.9. The second-order valence-corrected chi connectivity index (χ2v) is 5.11. The summed E-state index contributed by atoms with van der Waals surface area (Å²) in [4.78, 5) is 12.1. The zero-order valence-electron chi connectivity index (χ0n) is 13.2. The fourth-order valence-electron chi connectivity index (χ4n) is 2.39. The summed E-state index contributed by atoms with van der Waals surface area (Å²) in [5, 5.41) is 19.3. The van der Waals surface area contributed by atoms with Crippen molar-refractivity contribution in [3.05, 3.63) is 58.7 Å². The molecule has 122 valence electrons. The van der Waals surface area contributed by atoms with Crippen molar-refractivity contribution in [2.45, 2.75) is 20.0 Å². The summed E-state index contributed by atoms with van der Waals surface area (Å²) >= 11 is 0. The number of rotatable bonds is 6. The maximum Gasteiger partial charge on any atom is 0.341 e. The number of esters is 1. The van der Waals surface area contributed by atoms with Crippen LogP contribution < -0.4 is 4.74 Å². The van der Waals surface area contributed by atoms with Gasteiger partial charge in [-0.05, 0) is 30.0 Å². The summed E-state index contributed by atoms with van der Waals surface area (Å²) < 4.78 is 10.6. The number of phenolic OH excluding ortho intramolecular Hbond substituents is 1. The second kappa shape index (κ2) is 7.65. The Balaban J connectivity index is 2.42. The molecule has 0 bridgehead atoms. The van der Waals surface area contributed by atoms with Crippen molar-refractivity contribution in [3.63, 3.8) is 0 Å². The van der Waals surface area contributed by atoms with Crippen molar-refractivity contribution >= 4 is 5.97 Å². The molecule has 0 spiro atoms. The van der Waals surface area contributed by atoms with Crippen molar-refractivity contribution in [3.8, 4) is 11.5 Å². The highest BCUT2D eigenvalue weighted by molar-refractivity contribution is 5.95. The second-order valence-electron chi connectivity index (χ2n) is 5.11. The van der Waals surface area contributed by atoms with E-state index >= 15 is 0 Å². The zero-order chi connectivity index (χ0) is 16.8. The Labute approximate surface area is 135 Å². The summed E-state index contributed by atoms with van der Waals surface area (Å²) in [7, 11) is 1.29. The molecule has 0 aliphatic carbocycles. The van der Waals surface area contributed by atoms with Gasteiger partial charge in [0.2, 0.25) is 0 Å². The van der Waals surface area contributed by atoms with Crippen LogP contribution in [0.2, 0.25) is 0 Å². The highest BCUT2D eigenvalue weighted by Crippen LogP contribution is 2.34. The highest BCUT2D eigenvalue weighted by Gasteiger charge is 2.22. The van der Waals surface area contributed by atoms with Gasteiger partial charge in [0, 0.05) is 12.7 Å². The molecule has 0 unspecified atom stereocenters. The number of ether oxygens (including phenoxy) is 2. The van der Waals surface area contributed by atoms with Gasteiger partial charge in [0.25, 0.3) is 0 Å². The molecule has 5 heteroatoms. The Hall–Kier alpha value is -2.53. The number of hydrogen-bond donors (Lipinski definition) is 2. The van der Waals surface area contributed by atoms with E-state index in [1.807, 2.05) is 30.3 Å². The van der Waals surface area contributed by atoms with E-state index in [0.29, 0.717) is 11.1 Å². The summed E-state index contributed by atoms with van der Waals surface area (Å²) in [6.45, 7) is 1.80. The Kier molecular flexibility index (Phi) is 5.60. The summed E-state index contributed by atoms with van der Waals surface area (Å²) in [6.07, 6.45) is 0.229. The zero-order valence-corrected chi connectivity index (χ0v) is 13.2. The van der Waals surface area contributed by atoms with Gasteiger partial charge in [0.15, 0.2) is 0 Å². The molecular formula is C18H20O5. The molecule has 5 nitrogen and oxygen atoms in total. The van der Waals surface area contributed by atoms with E-state index in [4.69, 9.17) is 9.47 Å². The molecule has 2 N–H and O–H groups in total. The van der Waals surface area contributed by atoms with E-state index in [0.717, 1.165) is 5.56 Å². The van der Waals surface area contributed by atoms with Crippen LogP contribution >= 0.6 is 0 Å². The van der Waals surface area contributed by atoms with E-state index in [9.17, 15) is 15.0 Å². The average Bonchev–Trinajstić information content (AvgIpc) is 2.57. The van der Waals surface area contributed by atoms with Crippen LogP contribution in [0.1, 0.15) is 27.0 Å². The minimum atomic E-state index is -0.556. The van der Waals surface area contributed by atoms with Gasteiger partial charge < -0.3 is 19.7 Å². The van der Waals surface area contributed by atoms with Crippen LogP contribution in [0.15, 0.2) is 36.4 Å². The Morgan fingerprint density at radius 3 is 2.52 bits per heavy atom. The predicted octanol–water partition coefficient (Wildman–Crippen LogP) is 2.60. The van der Waals surface area contributed by atoms with E-state index in [-0.39, 0.29) is 36.7 Å². The van der Waals surface area contributed by atoms with Gasteiger partial charge in [-0.3, -0.25) is 0 Å². The molecular weight excluding hydrogens is 296 g/mol. The topological polar surface area (TPSA) is 76.0 Å². The summed E-state index contributed by atoms with van der Waals surface area (Å²) in [5.41, 5.74) is 2.24. The SMILES string of the molecule is COC(=O)c1c(OCc2ccccc2)cc(O)c(C)c1CCO. The van der Waals surface area contributed by atoms with E-state index in [1.54, 1.807) is 6.92 Å². The van der Waals surface area contributed by atoms with Gasteiger partial charge in [-0.25, -0.2) is 4.79 Å². The molecule has 0 amide bonds. The van der Waals surface area contributed by atoms with Gasteiger partial charge in [-0.1, -0.05) is 30.3 Å². The molecule has 0 fully saturated rings. The summed E-state index contributed by atoms with van der Waals surface area (Å²) in [5.74, 6) is -0.295. The number of benzene rings is 2. The van der Waals surface area contributed by atoms with Crippen molar-refractivity contribution in [1.82, 2.24) is 0 Å². The van der Waals surface area contributed by atoms with Crippen LogP contribution in [0, 0.1) is 6.92 Å². The number of aromatic hydroxyl groups is 1. The number of aliphatic hydroxyl groups is 1. The number of phenols is 1. The number of carbonyl (C=O) groups is 1. The van der Waals surface area contributed by atoms with Crippen molar-refractivity contribution in [2.75, 3.05) is 13.7 Å². The van der Waals surface area contributed by atoms with E-state index in [2.05, 4.69) is 0 Å². The molecule has 0 aromatic heterocycles. The monoisotopic (exact) mass is 316 g/mol. The standard InChI is InChI=1S/C18H20O5/c1-12-14(8-9-19)17(18(21)22-2)16(10-15(12)20)23-11-13-6-4-3-5-7-13/h3-7,10,19-20H,8-9,11H2,1-2H3. The molecule has 0 radical (unpaired) electrons. The Morgan fingerprint density at radius 2 is 1.91 bits per heavy atom. The van der Waals surface area contributed by atoms with Crippen LogP contribution in [0.4, 0.5) is 0 Å². The highest BCUT2D eigenvalue weighted by atomic mass is 16.5. The first-order valence-electron chi connectivity index (χ1n) is 7.29. The Bertz CT molecular complexity index is 680. The number of carbonyl (C=O) groups excluding carboxylic acids is 1. The molecule has 2 rings (SSSR count). The molecule has 23 heavy (non-hydrogen) atoms. The maximum absolute atomic E-state index is 12.1. The lowest BCUT2D eigenvalue weighted by Crippen LogP contribution is -2.12. The van der Waals surface area contributed by atoms with Crippen LogP contribution in [0.25, 0.3) is 0 Å². The molecule has 0 heterocycles. The van der Waals surface area contributed by atoms with Crippen molar-refractivity contribution in [1.29, 1.82) is 0 Å². The molecule has 0 aliphatic rings. The lowest BCUT2D eigenvalue weighted by molar-refractivity contribution is 0.0593. The first-order chi connectivity index (χ1) is 11.1. The number of aliphatic hydroxyl groups excluding tert-OH is 1. The van der Waals surface area contributed by atoms with Crippen molar-refractivity contribution < 1.29 is 24.5 Å². The van der Waals surface area contributed by atoms with Gasteiger partial charge in [0.05, 0.1) is 7.11 Å². The minimum absolute atomic E-state index is 0.0177. The molecule has 2 aromatic carbocycles. The minimum Gasteiger partial charge on any atom is -0.508 e. The van der Waals surface area contributed by atoms with Crippen LogP contribution in [-0.2, 0) is 17.8 Å². The molecule has 0 saturated heterocycles. The molecule has 0 saturated carbocycles. The smallest absolute Gasteiger partial charge is 0.341 e. The lowest BCUT2D eigenvalue weighted by Gasteiger charge is -2.17. The van der Waals surface area contributed by atoms with E-state index < -0.39 is 5.97 Å². The average molecular weight is 316 g/mol. The molecule has 0 aliphatic heterocycles. The fourth-order valence-corrected chi connectivity index (χ4v) is 2.39. The van der Waals surface area contributed by atoms with Gasteiger partial charge >= 0.3 is 5.97 Å². The third-order valence-corrected chi connectivity index (χ3v) is 3.64. The third kappa shape index (κ3) is 3.81. The van der Waals surface area contributed by atoms with Gasteiger partial charge in [0.1, 0.15) is 23.7 Å². The van der Waals surface area contributed by atoms with E-state index in [1.165, 1.54) is 13.2 Å². The largest absolute Gasteiger partial charge is 0.508 e. The van der Waals surface area contributed by atoms with Crippen molar-refractivity contribution in [2.24, 2.45) is 0 Å². The van der Waals surface area contributed by atoms with Crippen LogP contribution in [0.5, 0.6) is 11.5 Å². The number of methoxy groups -OCH3 is 1. The Morgan fingerprint density at radius 1 is 1.22 bits per heavy atom. The maximum atomic E-state index is 12.1. The van der Waals surface area contributed by atoms with Crippen LogP contribution in [-0.4, -0.2) is 29.9 Å². The number of hydrogen-bond acceptors (Lipinski definition) is 5. The van der Waals surface area contributed by atoms with Crippen LogP contribution in [0.3, 0.4) is 0 Å². The lowest BCUT2D eigenvalue weighted by atomic mass is 9.97. The molecule has 0 atom stereocenters. The molecule has 2 aromatic rings. The van der Waals surface area contributed by atoms with Gasteiger partial charge in [-0.2, -0.15) is 0 Å². The first kappa shape index (κ1) is 16.8. The third-order valence-electron chi connectivity index (χ3n) is 3.64. The first-order valence-corrected chi connectivity index (χ1v) is 7.29. The quantitative estimate of drug-likeness (QED) is 0.801. The fraction of sp³-hybridized carbons (Fsp3) is 0.278. The van der Waals surface area contributed by atoms with Gasteiger partial charge in [-0.15, -0.1) is 0 Å².